The molecule has 0 aliphatic heterocycles. The highest BCUT2D eigenvalue weighted by molar-refractivity contribution is 9.10. The number of pyridine rings is 1. The van der Waals surface area contributed by atoms with Gasteiger partial charge in [-0.25, -0.2) is 0 Å². The van der Waals surface area contributed by atoms with Crippen molar-refractivity contribution in [2.24, 2.45) is 0 Å². The lowest BCUT2D eigenvalue weighted by Gasteiger charge is -2.01. The van der Waals surface area contributed by atoms with Crippen molar-refractivity contribution in [2.45, 2.75) is 13.1 Å². The van der Waals surface area contributed by atoms with E-state index in [1.54, 1.807) is 6.20 Å². The van der Waals surface area contributed by atoms with Crippen molar-refractivity contribution in [3.8, 4) is 0 Å². The molecule has 6 heteroatoms. The van der Waals surface area contributed by atoms with Crippen molar-refractivity contribution in [1.29, 1.82) is 0 Å². The van der Waals surface area contributed by atoms with E-state index in [1.807, 2.05) is 12.3 Å². The van der Waals surface area contributed by atoms with Crippen LogP contribution in [0.1, 0.15) is 11.4 Å². The Balaban J connectivity index is 1.83. The summed E-state index contributed by atoms with van der Waals surface area (Å²) in [4.78, 5) is 7.96. The molecule has 0 aromatic carbocycles. The second-order valence-corrected chi connectivity index (χ2v) is 3.88. The Morgan fingerprint density at radius 1 is 1.33 bits per heavy atom. The molecule has 0 aliphatic carbocycles. The Morgan fingerprint density at radius 2 is 2.27 bits per heavy atom. The van der Waals surface area contributed by atoms with Gasteiger partial charge in [0, 0.05) is 23.4 Å². The van der Waals surface area contributed by atoms with E-state index >= 15 is 0 Å². The molecule has 15 heavy (non-hydrogen) atoms. The summed E-state index contributed by atoms with van der Waals surface area (Å²) in [6.07, 6.45) is 4.88. The number of hydrogen-bond acceptors (Lipinski definition) is 5. The molecule has 2 rings (SSSR count). The molecular formula is C9H9BrN4O. The summed E-state index contributed by atoms with van der Waals surface area (Å²) < 4.78 is 5.59. The van der Waals surface area contributed by atoms with Gasteiger partial charge >= 0.3 is 0 Å². The van der Waals surface area contributed by atoms with Crippen LogP contribution in [0, 0.1) is 0 Å². The fraction of sp³-hybridized carbons (Fsp3) is 0.222. The molecular weight excluding hydrogens is 260 g/mol. The van der Waals surface area contributed by atoms with Crippen molar-refractivity contribution in [3.05, 3.63) is 40.7 Å². The first kappa shape index (κ1) is 10.3. The highest BCUT2D eigenvalue weighted by atomic mass is 79.9. The maximum atomic E-state index is 4.62. The molecule has 0 amide bonds. The third kappa shape index (κ3) is 3.10. The van der Waals surface area contributed by atoms with Crippen LogP contribution < -0.4 is 5.32 Å². The number of hydrogen-bond donors (Lipinski definition) is 1. The van der Waals surface area contributed by atoms with Crippen LogP contribution in [0.5, 0.6) is 0 Å². The summed E-state index contributed by atoms with van der Waals surface area (Å²) in [5, 5.41) is 6.88. The number of rotatable bonds is 4. The Morgan fingerprint density at radius 3 is 3.00 bits per heavy atom. The van der Waals surface area contributed by atoms with Crippen LogP contribution in [0.15, 0.2) is 33.8 Å². The van der Waals surface area contributed by atoms with E-state index in [0.29, 0.717) is 12.4 Å². The molecule has 2 heterocycles. The van der Waals surface area contributed by atoms with E-state index in [1.165, 1.54) is 6.39 Å². The van der Waals surface area contributed by atoms with E-state index in [9.17, 15) is 0 Å². The van der Waals surface area contributed by atoms with Crippen LogP contribution >= 0.6 is 15.9 Å². The minimum atomic E-state index is 0.586. The number of nitrogens with one attached hydrogen (secondary N) is 1. The van der Waals surface area contributed by atoms with E-state index in [-0.39, 0.29) is 0 Å². The van der Waals surface area contributed by atoms with Crippen LogP contribution in [-0.4, -0.2) is 15.1 Å². The zero-order chi connectivity index (χ0) is 10.5. The molecule has 2 aromatic rings. The topological polar surface area (TPSA) is 63.8 Å². The fourth-order valence-corrected chi connectivity index (χ4v) is 1.55. The molecule has 0 saturated heterocycles. The maximum Gasteiger partial charge on any atom is 0.213 e. The predicted octanol–water partition coefficient (Wildman–Crippen LogP) is 1.52. The highest BCUT2D eigenvalue weighted by Crippen LogP contribution is 2.09. The molecule has 0 aliphatic rings. The van der Waals surface area contributed by atoms with Crippen LogP contribution in [0.3, 0.4) is 0 Å². The molecule has 0 unspecified atom stereocenters. The van der Waals surface area contributed by atoms with E-state index < -0.39 is 0 Å². The largest absolute Gasteiger partial charge is 0.343 e. The Kier molecular flexibility index (Phi) is 3.41. The smallest absolute Gasteiger partial charge is 0.213 e. The fourth-order valence-electron chi connectivity index (χ4n) is 1.14. The first-order valence-corrected chi connectivity index (χ1v) is 5.19. The van der Waals surface area contributed by atoms with Crippen molar-refractivity contribution in [2.75, 3.05) is 0 Å². The van der Waals surface area contributed by atoms with Gasteiger partial charge < -0.3 is 9.84 Å². The molecule has 2 aromatic heterocycles. The molecule has 5 nitrogen and oxygen atoms in total. The Bertz CT molecular complexity index is 418. The normalized spacial score (nSPS) is 10.5. The monoisotopic (exact) mass is 268 g/mol. The second-order valence-electron chi connectivity index (χ2n) is 2.96. The van der Waals surface area contributed by atoms with Gasteiger partial charge in [-0.2, -0.15) is 4.98 Å². The summed E-state index contributed by atoms with van der Waals surface area (Å²) in [5.41, 5.74) is 1.10. The lowest BCUT2D eigenvalue weighted by Crippen LogP contribution is -2.13. The molecule has 0 saturated carbocycles. The van der Waals surface area contributed by atoms with Crippen LogP contribution in [-0.2, 0) is 13.1 Å². The zero-order valence-electron chi connectivity index (χ0n) is 7.85. The van der Waals surface area contributed by atoms with E-state index in [0.717, 1.165) is 16.6 Å². The van der Waals surface area contributed by atoms with Gasteiger partial charge in [0.1, 0.15) is 0 Å². The summed E-state index contributed by atoms with van der Waals surface area (Å²) in [7, 11) is 0. The van der Waals surface area contributed by atoms with Gasteiger partial charge in [0.2, 0.25) is 6.39 Å². The maximum absolute atomic E-state index is 4.62. The summed E-state index contributed by atoms with van der Waals surface area (Å²) in [6, 6.07) is 2.01. The zero-order valence-corrected chi connectivity index (χ0v) is 9.44. The Labute approximate surface area is 95.0 Å². The summed E-state index contributed by atoms with van der Waals surface area (Å²) in [6.45, 7) is 1.31. The standard InChI is InChI=1S/C9H9BrN4O/c10-8-1-7(2-11-4-8)3-12-5-9-13-6-15-14-9/h1-2,4,6,12H,3,5H2. The van der Waals surface area contributed by atoms with Crippen LogP contribution in [0.25, 0.3) is 0 Å². The third-order valence-corrected chi connectivity index (χ3v) is 2.21. The second kappa shape index (κ2) is 4.99. The van der Waals surface area contributed by atoms with Crippen LogP contribution in [0.4, 0.5) is 0 Å². The Hall–Kier alpha value is -1.27. The van der Waals surface area contributed by atoms with Crippen molar-refractivity contribution < 1.29 is 4.52 Å². The number of halogens is 1. The van der Waals surface area contributed by atoms with Gasteiger partial charge in [0.25, 0.3) is 0 Å². The van der Waals surface area contributed by atoms with Crippen LogP contribution in [0.2, 0.25) is 0 Å². The molecule has 0 bridgehead atoms. The first-order valence-electron chi connectivity index (χ1n) is 4.40. The highest BCUT2D eigenvalue weighted by Gasteiger charge is 1.98. The van der Waals surface area contributed by atoms with Gasteiger partial charge in [-0.15, -0.1) is 0 Å². The van der Waals surface area contributed by atoms with Crippen molar-refractivity contribution in [1.82, 2.24) is 20.4 Å². The van der Waals surface area contributed by atoms with Gasteiger partial charge in [-0.1, -0.05) is 5.16 Å². The lowest BCUT2D eigenvalue weighted by atomic mass is 10.3. The minimum absolute atomic E-state index is 0.586. The van der Waals surface area contributed by atoms with Gasteiger partial charge in [-0.05, 0) is 27.6 Å². The van der Waals surface area contributed by atoms with E-state index in [2.05, 4.69) is 40.9 Å². The third-order valence-electron chi connectivity index (χ3n) is 1.78. The minimum Gasteiger partial charge on any atom is -0.343 e. The number of aromatic nitrogens is 3. The van der Waals surface area contributed by atoms with Gasteiger partial charge in [0.05, 0.1) is 6.54 Å². The van der Waals surface area contributed by atoms with Gasteiger partial charge in [0.15, 0.2) is 5.82 Å². The average molecular weight is 269 g/mol. The molecule has 0 atom stereocenters. The van der Waals surface area contributed by atoms with Crippen molar-refractivity contribution >= 4 is 15.9 Å². The number of nitrogens with zero attached hydrogens (tertiary/aromatic N) is 3. The molecule has 0 radical (unpaired) electrons. The van der Waals surface area contributed by atoms with Crippen molar-refractivity contribution in [3.63, 3.8) is 0 Å². The summed E-state index contributed by atoms with van der Waals surface area (Å²) >= 11 is 3.36. The molecule has 0 fully saturated rings. The van der Waals surface area contributed by atoms with E-state index in [4.69, 9.17) is 0 Å². The molecule has 78 valence electrons. The first-order chi connectivity index (χ1) is 7.34. The average Bonchev–Trinajstić information content (AvgIpc) is 2.71. The summed E-state index contributed by atoms with van der Waals surface area (Å²) in [5.74, 6) is 0.651. The lowest BCUT2D eigenvalue weighted by molar-refractivity contribution is 0.407. The molecule has 0 spiro atoms. The SMILES string of the molecule is Brc1cncc(CNCc2ncon2)c1. The van der Waals surface area contributed by atoms with Gasteiger partial charge in [-0.3, -0.25) is 4.98 Å². The molecule has 1 N–H and O–H groups in total. The predicted molar refractivity (Wildman–Crippen MR) is 56.8 cm³/mol. The quantitative estimate of drug-likeness (QED) is 0.911.